The summed E-state index contributed by atoms with van der Waals surface area (Å²) in [7, 11) is 0. The van der Waals surface area contributed by atoms with E-state index in [1.165, 1.54) is 4.90 Å². The topological polar surface area (TPSA) is 42.3 Å². The molecule has 1 aliphatic rings. The Morgan fingerprint density at radius 1 is 0.966 bits per heavy atom. The van der Waals surface area contributed by atoms with Crippen LogP contribution in [0.2, 0.25) is 10.0 Å². The summed E-state index contributed by atoms with van der Waals surface area (Å²) >= 11 is 13.5. The third-order valence-corrected chi connectivity index (χ3v) is 6.42. The van der Waals surface area contributed by atoms with Gasteiger partial charge in [0.2, 0.25) is 0 Å². The van der Waals surface area contributed by atoms with Crippen LogP contribution in [0.4, 0.5) is 10.5 Å². The van der Waals surface area contributed by atoms with Crippen molar-refractivity contribution in [3.63, 3.8) is 0 Å². The van der Waals surface area contributed by atoms with Crippen LogP contribution >= 0.6 is 35.0 Å². The van der Waals surface area contributed by atoms with Crippen molar-refractivity contribution < 1.29 is 9.59 Å². The predicted octanol–water partition coefficient (Wildman–Crippen LogP) is 6.64. The molecule has 0 atom stereocenters. The van der Waals surface area contributed by atoms with Crippen LogP contribution in [-0.4, -0.2) is 15.7 Å². The van der Waals surface area contributed by atoms with Gasteiger partial charge >= 0.3 is 0 Å². The van der Waals surface area contributed by atoms with Gasteiger partial charge in [-0.1, -0.05) is 47.5 Å². The Hall–Kier alpha value is -2.47. The Morgan fingerprint density at radius 3 is 2.41 bits per heavy atom. The lowest BCUT2D eigenvalue weighted by molar-refractivity contribution is -0.113. The van der Waals surface area contributed by atoms with Crippen molar-refractivity contribution in [3.05, 3.63) is 86.5 Å². The fourth-order valence-electron chi connectivity index (χ4n) is 3.38. The number of imide groups is 1. The van der Waals surface area contributed by atoms with Crippen LogP contribution in [0.3, 0.4) is 0 Å². The number of halogens is 2. The highest BCUT2D eigenvalue weighted by Gasteiger charge is 2.36. The first-order valence-corrected chi connectivity index (χ1v) is 10.4. The van der Waals surface area contributed by atoms with Crippen molar-refractivity contribution in [2.75, 3.05) is 4.90 Å². The van der Waals surface area contributed by atoms with Crippen molar-refractivity contribution in [3.8, 4) is 5.69 Å². The van der Waals surface area contributed by atoms with E-state index in [9.17, 15) is 9.59 Å². The summed E-state index contributed by atoms with van der Waals surface area (Å²) in [5, 5.41) is 0.633. The molecule has 7 heteroatoms. The molecular weight excluding hydrogens is 427 g/mol. The summed E-state index contributed by atoms with van der Waals surface area (Å²) in [6.45, 7) is 3.90. The average Bonchev–Trinajstić information content (AvgIpc) is 3.13. The van der Waals surface area contributed by atoms with Gasteiger partial charge in [0.1, 0.15) is 0 Å². The molecule has 2 aromatic carbocycles. The van der Waals surface area contributed by atoms with Crippen molar-refractivity contribution >= 4 is 57.9 Å². The van der Waals surface area contributed by atoms with Crippen molar-refractivity contribution in [2.24, 2.45) is 0 Å². The van der Waals surface area contributed by atoms with Crippen molar-refractivity contribution in [2.45, 2.75) is 13.8 Å². The Bertz CT molecular complexity index is 1170. The quantitative estimate of drug-likeness (QED) is 0.426. The number of anilines is 1. The van der Waals surface area contributed by atoms with Gasteiger partial charge in [0, 0.05) is 11.4 Å². The molecule has 1 saturated heterocycles. The number of hydrogen-bond donors (Lipinski definition) is 0. The number of amides is 2. The molecule has 2 amide bonds. The molecular formula is C22H16Cl2N2O2S. The van der Waals surface area contributed by atoms with Crippen LogP contribution in [0.5, 0.6) is 0 Å². The lowest BCUT2D eigenvalue weighted by Gasteiger charge is -2.12. The van der Waals surface area contributed by atoms with Crippen LogP contribution in [0.25, 0.3) is 11.8 Å². The molecule has 4 nitrogen and oxygen atoms in total. The highest BCUT2D eigenvalue weighted by atomic mass is 35.5. The van der Waals surface area contributed by atoms with Crippen LogP contribution in [-0.2, 0) is 4.79 Å². The number of para-hydroxylation sites is 1. The molecule has 0 unspecified atom stereocenters. The summed E-state index contributed by atoms with van der Waals surface area (Å²) in [6.07, 6.45) is 1.76. The average molecular weight is 443 g/mol. The lowest BCUT2D eigenvalue weighted by atomic mass is 10.2. The monoisotopic (exact) mass is 442 g/mol. The standard InChI is InChI=1S/C22H16Cl2N2O2S/c1-13-11-15(14(2)25(13)18-10-6-9-17(23)20(18)24)12-19-21(27)26(22(28)29-19)16-7-4-3-5-8-16/h3-12H,1-2H3/b19-12-. The molecule has 0 N–H and O–H groups in total. The Morgan fingerprint density at radius 2 is 1.69 bits per heavy atom. The number of carbonyl (C=O) groups is 2. The first-order valence-electron chi connectivity index (χ1n) is 8.85. The minimum absolute atomic E-state index is 0.306. The first kappa shape index (κ1) is 19.8. The molecule has 2 heterocycles. The number of carbonyl (C=O) groups excluding carboxylic acids is 2. The minimum atomic E-state index is -0.322. The summed E-state index contributed by atoms with van der Waals surface area (Å²) in [4.78, 5) is 26.9. The number of thioether (sulfide) groups is 1. The van der Waals surface area contributed by atoms with E-state index in [4.69, 9.17) is 23.2 Å². The van der Waals surface area contributed by atoms with E-state index >= 15 is 0 Å². The zero-order chi connectivity index (χ0) is 20.7. The molecule has 1 fully saturated rings. The van der Waals surface area contributed by atoms with Gasteiger partial charge in [-0.05, 0) is 67.6 Å². The summed E-state index contributed by atoms with van der Waals surface area (Å²) in [6, 6.07) is 16.3. The van der Waals surface area contributed by atoms with Gasteiger partial charge in [0.15, 0.2) is 0 Å². The van der Waals surface area contributed by atoms with Gasteiger partial charge in [-0.2, -0.15) is 0 Å². The minimum Gasteiger partial charge on any atom is -0.316 e. The van der Waals surface area contributed by atoms with E-state index in [1.54, 1.807) is 36.4 Å². The first-order chi connectivity index (χ1) is 13.9. The second-order valence-electron chi connectivity index (χ2n) is 6.59. The summed E-state index contributed by atoms with van der Waals surface area (Å²) in [5.74, 6) is -0.322. The van der Waals surface area contributed by atoms with Crippen LogP contribution < -0.4 is 4.90 Å². The molecule has 3 aromatic rings. The van der Waals surface area contributed by atoms with E-state index < -0.39 is 0 Å². The Balaban J connectivity index is 1.74. The molecule has 1 aromatic heterocycles. The Labute approximate surface area is 182 Å². The smallest absolute Gasteiger partial charge is 0.298 e. The van der Waals surface area contributed by atoms with E-state index in [-0.39, 0.29) is 11.1 Å². The van der Waals surface area contributed by atoms with Crippen LogP contribution in [0.15, 0.2) is 59.5 Å². The number of rotatable bonds is 3. The molecule has 0 aliphatic carbocycles. The zero-order valence-corrected chi connectivity index (χ0v) is 18.0. The van der Waals surface area contributed by atoms with Crippen molar-refractivity contribution in [1.82, 2.24) is 4.57 Å². The second kappa shape index (κ2) is 7.75. The highest BCUT2D eigenvalue weighted by molar-refractivity contribution is 8.19. The maximum atomic E-state index is 12.9. The molecule has 4 rings (SSSR count). The normalized spacial score (nSPS) is 15.6. The summed E-state index contributed by atoms with van der Waals surface area (Å²) < 4.78 is 1.99. The number of hydrogen-bond acceptors (Lipinski definition) is 3. The van der Waals surface area contributed by atoms with Gasteiger partial charge in [-0.25, -0.2) is 4.90 Å². The molecule has 0 spiro atoms. The fraction of sp³-hybridized carbons (Fsp3) is 0.0909. The Kier molecular flexibility index (Phi) is 5.30. The fourth-order valence-corrected chi connectivity index (χ4v) is 4.59. The highest BCUT2D eigenvalue weighted by Crippen LogP contribution is 2.37. The number of nitrogens with zero attached hydrogens (tertiary/aromatic N) is 2. The zero-order valence-electron chi connectivity index (χ0n) is 15.6. The number of aromatic nitrogens is 1. The predicted molar refractivity (Wildman–Crippen MR) is 120 cm³/mol. The molecule has 0 bridgehead atoms. The van der Waals surface area contributed by atoms with E-state index in [0.717, 1.165) is 34.4 Å². The largest absolute Gasteiger partial charge is 0.316 e. The third kappa shape index (κ3) is 3.50. The van der Waals surface area contributed by atoms with E-state index in [2.05, 4.69) is 0 Å². The van der Waals surface area contributed by atoms with E-state index in [0.29, 0.717) is 20.6 Å². The van der Waals surface area contributed by atoms with Gasteiger partial charge in [-0.3, -0.25) is 9.59 Å². The van der Waals surface area contributed by atoms with Crippen LogP contribution in [0, 0.1) is 13.8 Å². The van der Waals surface area contributed by atoms with Gasteiger partial charge in [0.05, 0.1) is 26.3 Å². The maximum Gasteiger partial charge on any atom is 0.298 e. The van der Waals surface area contributed by atoms with Gasteiger partial charge < -0.3 is 4.57 Å². The molecule has 0 radical (unpaired) electrons. The maximum absolute atomic E-state index is 12.9. The summed E-state index contributed by atoms with van der Waals surface area (Å²) in [5.41, 5.74) is 4.02. The molecule has 0 saturated carbocycles. The molecule has 1 aliphatic heterocycles. The van der Waals surface area contributed by atoms with Gasteiger partial charge in [-0.15, -0.1) is 0 Å². The SMILES string of the molecule is Cc1cc(/C=C2\SC(=O)N(c3ccccc3)C2=O)c(C)n1-c1cccc(Cl)c1Cl. The molecule has 29 heavy (non-hydrogen) atoms. The lowest BCUT2D eigenvalue weighted by Crippen LogP contribution is -2.27. The number of aryl methyl sites for hydroxylation is 1. The molecule has 146 valence electrons. The third-order valence-electron chi connectivity index (χ3n) is 4.74. The van der Waals surface area contributed by atoms with Gasteiger partial charge in [0.25, 0.3) is 11.1 Å². The van der Waals surface area contributed by atoms with E-state index in [1.807, 2.05) is 42.7 Å². The van der Waals surface area contributed by atoms with Crippen molar-refractivity contribution in [1.29, 1.82) is 0 Å². The van der Waals surface area contributed by atoms with Crippen LogP contribution in [0.1, 0.15) is 17.0 Å². The number of benzene rings is 2. The second-order valence-corrected chi connectivity index (χ2v) is 8.37.